The quantitative estimate of drug-likeness (QED) is 0.773. The van der Waals surface area contributed by atoms with Gasteiger partial charge in [0.05, 0.1) is 6.20 Å². The van der Waals surface area contributed by atoms with Gasteiger partial charge in [-0.1, -0.05) is 0 Å². The lowest BCUT2D eigenvalue weighted by Gasteiger charge is -2.24. The van der Waals surface area contributed by atoms with Gasteiger partial charge < -0.3 is 10.6 Å². The Morgan fingerprint density at radius 2 is 2.40 bits per heavy atom. The van der Waals surface area contributed by atoms with Crippen molar-refractivity contribution in [3.05, 3.63) is 11.8 Å². The van der Waals surface area contributed by atoms with Crippen molar-refractivity contribution in [3.63, 3.8) is 0 Å². The molecule has 5 nitrogen and oxygen atoms in total. The first kappa shape index (κ1) is 10.0. The molecule has 2 rings (SSSR count). The molecule has 1 aromatic heterocycles. The van der Waals surface area contributed by atoms with Crippen molar-refractivity contribution in [3.8, 4) is 0 Å². The molecule has 1 aliphatic carbocycles. The van der Waals surface area contributed by atoms with Crippen molar-refractivity contribution >= 4 is 11.7 Å². The van der Waals surface area contributed by atoms with Crippen LogP contribution in [0.4, 0.5) is 5.82 Å². The fourth-order valence-corrected chi connectivity index (χ4v) is 1.74. The number of nitrogens with one attached hydrogen (secondary N) is 1. The van der Waals surface area contributed by atoms with Crippen LogP contribution in [0.2, 0.25) is 0 Å². The van der Waals surface area contributed by atoms with E-state index in [9.17, 15) is 4.79 Å². The van der Waals surface area contributed by atoms with Gasteiger partial charge in [-0.15, -0.1) is 0 Å². The van der Waals surface area contributed by atoms with Gasteiger partial charge in [0.25, 0.3) is 5.91 Å². The van der Waals surface area contributed by atoms with Crippen molar-refractivity contribution in [2.24, 2.45) is 5.92 Å². The number of hydrogen-bond donors (Lipinski definition) is 2. The molecule has 1 fully saturated rings. The standard InChI is InChI=1S/C10H16N4O/c1-6(7-3-4-7)14(2)10(15)8-5-12-13-9(8)11/h5-7H,3-4H2,1-2H3,(H3,11,12,13). The third kappa shape index (κ3) is 1.82. The summed E-state index contributed by atoms with van der Waals surface area (Å²) in [5.74, 6) is 0.947. The summed E-state index contributed by atoms with van der Waals surface area (Å²) in [5, 5.41) is 6.32. The number of carbonyl (C=O) groups is 1. The molecule has 15 heavy (non-hydrogen) atoms. The Balaban J connectivity index is 2.10. The fourth-order valence-electron chi connectivity index (χ4n) is 1.74. The number of carbonyl (C=O) groups excluding carboxylic acids is 1. The maximum atomic E-state index is 12.0. The number of anilines is 1. The molecular formula is C10H16N4O. The summed E-state index contributed by atoms with van der Waals surface area (Å²) in [6.45, 7) is 2.08. The summed E-state index contributed by atoms with van der Waals surface area (Å²) in [5.41, 5.74) is 6.07. The highest BCUT2D eigenvalue weighted by molar-refractivity contribution is 5.98. The van der Waals surface area contributed by atoms with Gasteiger partial charge in [0.2, 0.25) is 0 Å². The van der Waals surface area contributed by atoms with E-state index in [2.05, 4.69) is 17.1 Å². The molecule has 0 aromatic carbocycles. The number of amides is 1. The molecule has 0 saturated heterocycles. The normalized spacial score (nSPS) is 17.5. The molecule has 1 atom stereocenters. The summed E-state index contributed by atoms with van der Waals surface area (Å²) in [6, 6.07) is 0.284. The van der Waals surface area contributed by atoms with Gasteiger partial charge in [-0.3, -0.25) is 9.89 Å². The minimum Gasteiger partial charge on any atom is -0.383 e. The monoisotopic (exact) mass is 208 g/mol. The zero-order valence-corrected chi connectivity index (χ0v) is 9.03. The topological polar surface area (TPSA) is 75.0 Å². The van der Waals surface area contributed by atoms with Crippen molar-refractivity contribution in [1.82, 2.24) is 15.1 Å². The number of nitrogens with two attached hydrogens (primary N) is 1. The highest BCUT2D eigenvalue weighted by atomic mass is 16.2. The van der Waals surface area contributed by atoms with Gasteiger partial charge in [-0.2, -0.15) is 5.10 Å². The van der Waals surface area contributed by atoms with Crippen LogP contribution in [0.1, 0.15) is 30.1 Å². The lowest BCUT2D eigenvalue weighted by atomic mass is 10.1. The van der Waals surface area contributed by atoms with E-state index in [0.29, 0.717) is 17.3 Å². The smallest absolute Gasteiger partial charge is 0.259 e. The summed E-state index contributed by atoms with van der Waals surface area (Å²) >= 11 is 0. The molecule has 82 valence electrons. The van der Waals surface area contributed by atoms with Gasteiger partial charge in [-0.25, -0.2) is 0 Å². The number of rotatable bonds is 3. The molecule has 0 bridgehead atoms. The summed E-state index contributed by atoms with van der Waals surface area (Å²) in [4.78, 5) is 13.7. The molecular weight excluding hydrogens is 192 g/mol. The van der Waals surface area contributed by atoms with Crippen LogP contribution >= 0.6 is 0 Å². The van der Waals surface area contributed by atoms with E-state index in [0.717, 1.165) is 0 Å². The fraction of sp³-hybridized carbons (Fsp3) is 0.600. The van der Waals surface area contributed by atoms with Crippen LogP contribution in [0, 0.1) is 5.92 Å². The number of aromatic amines is 1. The number of hydrogen-bond acceptors (Lipinski definition) is 3. The maximum absolute atomic E-state index is 12.0. The van der Waals surface area contributed by atoms with E-state index in [1.54, 1.807) is 4.90 Å². The zero-order valence-electron chi connectivity index (χ0n) is 9.03. The lowest BCUT2D eigenvalue weighted by molar-refractivity contribution is 0.0728. The van der Waals surface area contributed by atoms with Gasteiger partial charge in [0, 0.05) is 13.1 Å². The SMILES string of the molecule is CC(C1CC1)N(C)C(=O)c1cn[nH]c1N. The van der Waals surface area contributed by atoms with Gasteiger partial charge >= 0.3 is 0 Å². The molecule has 0 spiro atoms. The summed E-state index contributed by atoms with van der Waals surface area (Å²) < 4.78 is 0. The van der Waals surface area contributed by atoms with Crippen molar-refractivity contribution in [2.45, 2.75) is 25.8 Å². The number of aromatic nitrogens is 2. The van der Waals surface area contributed by atoms with Crippen molar-refractivity contribution in [2.75, 3.05) is 12.8 Å². The second kappa shape index (κ2) is 3.56. The molecule has 1 heterocycles. The van der Waals surface area contributed by atoms with E-state index in [-0.39, 0.29) is 11.9 Å². The molecule has 0 radical (unpaired) electrons. The van der Waals surface area contributed by atoms with Crippen molar-refractivity contribution in [1.29, 1.82) is 0 Å². The second-order valence-electron chi connectivity index (χ2n) is 4.19. The first-order chi connectivity index (χ1) is 7.11. The van der Waals surface area contributed by atoms with Crippen LogP contribution in [0.5, 0.6) is 0 Å². The molecule has 1 aliphatic rings. The van der Waals surface area contributed by atoms with Crippen LogP contribution in [-0.4, -0.2) is 34.1 Å². The Labute approximate surface area is 88.6 Å². The Hall–Kier alpha value is -1.52. The molecule has 3 N–H and O–H groups in total. The highest BCUT2D eigenvalue weighted by Crippen LogP contribution is 2.35. The average molecular weight is 208 g/mol. The predicted octanol–water partition coefficient (Wildman–Crippen LogP) is 0.862. The number of nitrogen functional groups attached to an aromatic ring is 1. The number of H-pyrrole nitrogens is 1. The second-order valence-corrected chi connectivity index (χ2v) is 4.19. The molecule has 1 amide bonds. The number of nitrogens with zero attached hydrogens (tertiary/aromatic N) is 2. The van der Waals surface area contributed by atoms with Gasteiger partial charge in [-0.05, 0) is 25.7 Å². The highest BCUT2D eigenvalue weighted by Gasteiger charge is 2.33. The molecule has 5 heteroatoms. The van der Waals surface area contributed by atoms with E-state index < -0.39 is 0 Å². The Morgan fingerprint density at radius 3 is 2.87 bits per heavy atom. The Bertz CT molecular complexity index is 369. The Morgan fingerprint density at radius 1 is 1.73 bits per heavy atom. The van der Waals surface area contributed by atoms with E-state index in [4.69, 9.17) is 5.73 Å². The largest absolute Gasteiger partial charge is 0.383 e. The van der Waals surface area contributed by atoms with E-state index in [1.807, 2.05) is 7.05 Å². The molecule has 0 aliphatic heterocycles. The van der Waals surface area contributed by atoms with Gasteiger partial charge in [0.15, 0.2) is 0 Å². The van der Waals surface area contributed by atoms with Crippen LogP contribution in [0.3, 0.4) is 0 Å². The molecule has 1 unspecified atom stereocenters. The van der Waals surface area contributed by atoms with Crippen LogP contribution < -0.4 is 5.73 Å². The Kier molecular flexibility index (Phi) is 2.38. The molecule has 1 saturated carbocycles. The van der Waals surface area contributed by atoms with Crippen LogP contribution in [0.25, 0.3) is 0 Å². The molecule has 1 aromatic rings. The predicted molar refractivity (Wildman–Crippen MR) is 57.3 cm³/mol. The summed E-state index contributed by atoms with van der Waals surface area (Å²) in [7, 11) is 1.82. The average Bonchev–Trinajstić information content (AvgIpc) is 2.98. The summed E-state index contributed by atoms with van der Waals surface area (Å²) in [6.07, 6.45) is 3.92. The third-order valence-electron chi connectivity index (χ3n) is 3.13. The first-order valence-electron chi connectivity index (χ1n) is 5.17. The van der Waals surface area contributed by atoms with E-state index in [1.165, 1.54) is 19.0 Å². The zero-order chi connectivity index (χ0) is 11.0. The van der Waals surface area contributed by atoms with Crippen molar-refractivity contribution < 1.29 is 4.79 Å². The minimum atomic E-state index is -0.0550. The van der Waals surface area contributed by atoms with Crippen LogP contribution in [-0.2, 0) is 0 Å². The van der Waals surface area contributed by atoms with Crippen LogP contribution in [0.15, 0.2) is 6.20 Å². The van der Waals surface area contributed by atoms with E-state index >= 15 is 0 Å². The first-order valence-corrected chi connectivity index (χ1v) is 5.17. The minimum absolute atomic E-state index is 0.0550. The lowest BCUT2D eigenvalue weighted by Crippen LogP contribution is -2.36. The third-order valence-corrected chi connectivity index (χ3v) is 3.13. The van der Waals surface area contributed by atoms with Gasteiger partial charge in [0.1, 0.15) is 11.4 Å². The maximum Gasteiger partial charge on any atom is 0.259 e.